The van der Waals surface area contributed by atoms with Gasteiger partial charge in [-0.2, -0.15) is 5.10 Å². The fraction of sp³-hybridized carbons (Fsp3) is 0.0556. The predicted molar refractivity (Wildman–Crippen MR) is 119 cm³/mol. The van der Waals surface area contributed by atoms with E-state index < -0.39 is 0 Å². The van der Waals surface area contributed by atoms with Crippen molar-refractivity contribution in [3.63, 3.8) is 0 Å². The maximum Gasteiger partial charge on any atom is 0.162 e. The number of nitrogens with two attached hydrogens (primary N) is 1. The van der Waals surface area contributed by atoms with Gasteiger partial charge in [-0.15, -0.1) is 24.8 Å². The van der Waals surface area contributed by atoms with Crippen LogP contribution >= 0.6 is 36.4 Å². The Hall–Kier alpha value is -2.74. The first-order chi connectivity index (χ1) is 12.7. The normalized spacial score (nSPS) is 10.0. The van der Waals surface area contributed by atoms with Crippen LogP contribution in [0.15, 0.2) is 54.9 Å². The van der Waals surface area contributed by atoms with Gasteiger partial charge >= 0.3 is 0 Å². The number of aromatic amines is 1. The first-order valence-corrected chi connectivity index (χ1v) is 8.37. The Balaban J connectivity index is 0.00000140. The highest BCUT2D eigenvalue weighted by Crippen LogP contribution is 2.28. The van der Waals surface area contributed by atoms with Gasteiger partial charge in [0.15, 0.2) is 11.5 Å². The lowest BCUT2D eigenvalue weighted by Gasteiger charge is -2.09. The van der Waals surface area contributed by atoms with Gasteiger partial charge in [-0.25, -0.2) is 9.97 Å². The summed E-state index contributed by atoms with van der Waals surface area (Å²) in [5.74, 6) is 1.30. The zero-order valence-corrected chi connectivity index (χ0v) is 16.9. The molecule has 0 aliphatic carbocycles. The second kappa shape index (κ2) is 9.45. The smallest absolute Gasteiger partial charge is 0.162 e. The van der Waals surface area contributed by atoms with Crippen molar-refractivity contribution in [1.29, 1.82) is 0 Å². The Labute approximate surface area is 178 Å². The largest absolute Gasteiger partial charge is 0.399 e. The summed E-state index contributed by atoms with van der Waals surface area (Å²) in [6.45, 7) is 0.580. The lowest BCUT2D eigenvalue weighted by molar-refractivity contribution is 1.05. The van der Waals surface area contributed by atoms with Gasteiger partial charge in [0.05, 0.1) is 0 Å². The van der Waals surface area contributed by atoms with Gasteiger partial charge in [-0.05, 0) is 35.9 Å². The second-order valence-corrected chi connectivity index (χ2v) is 6.19. The second-order valence-electron chi connectivity index (χ2n) is 5.75. The standard InChI is InChI=1S/C18H16ClN7.2ClH/c19-12-4-2-6-14(8-12)24-16-15-17(25-26-18(15)23-10-22-16)21-9-11-3-1-5-13(20)7-11;;/h1-8,10H,9,20H2,(H3,21,22,23,24,25,26);2*1H. The molecule has 0 saturated heterocycles. The first kappa shape index (κ1) is 21.6. The molecule has 10 heteroatoms. The van der Waals surface area contributed by atoms with E-state index in [0.717, 1.165) is 22.3 Å². The van der Waals surface area contributed by atoms with E-state index in [2.05, 4.69) is 30.8 Å². The minimum atomic E-state index is 0. The fourth-order valence-electron chi connectivity index (χ4n) is 2.67. The molecule has 146 valence electrons. The van der Waals surface area contributed by atoms with Crippen LogP contribution in [-0.2, 0) is 6.54 Å². The fourth-order valence-corrected chi connectivity index (χ4v) is 2.86. The monoisotopic (exact) mass is 437 g/mol. The van der Waals surface area contributed by atoms with E-state index >= 15 is 0 Å². The Bertz CT molecular complexity index is 1070. The van der Waals surface area contributed by atoms with E-state index in [1.54, 1.807) is 0 Å². The Morgan fingerprint density at radius 2 is 1.82 bits per heavy atom. The summed E-state index contributed by atoms with van der Waals surface area (Å²) in [6.07, 6.45) is 1.48. The van der Waals surface area contributed by atoms with Crippen molar-refractivity contribution in [2.24, 2.45) is 0 Å². The number of H-pyrrole nitrogens is 1. The number of anilines is 4. The van der Waals surface area contributed by atoms with Gasteiger partial charge in [0, 0.05) is 22.9 Å². The molecule has 0 saturated carbocycles. The summed E-state index contributed by atoms with van der Waals surface area (Å²) in [5.41, 5.74) is 9.08. The van der Waals surface area contributed by atoms with Crippen molar-refractivity contribution in [2.75, 3.05) is 16.4 Å². The van der Waals surface area contributed by atoms with Crippen molar-refractivity contribution in [2.45, 2.75) is 6.54 Å². The van der Waals surface area contributed by atoms with E-state index in [1.807, 2.05) is 48.5 Å². The molecule has 4 aromatic rings. The molecule has 0 unspecified atom stereocenters. The van der Waals surface area contributed by atoms with Crippen molar-refractivity contribution in [1.82, 2.24) is 20.2 Å². The first-order valence-electron chi connectivity index (χ1n) is 7.99. The lowest BCUT2D eigenvalue weighted by atomic mass is 10.2. The van der Waals surface area contributed by atoms with E-state index in [9.17, 15) is 0 Å². The van der Waals surface area contributed by atoms with Crippen molar-refractivity contribution in [3.05, 3.63) is 65.4 Å². The van der Waals surface area contributed by atoms with Crippen LogP contribution in [0.1, 0.15) is 5.56 Å². The number of hydrogen-bond donors (Lipinski definition) is 4. The third kappa shape index (κ3) is 4.75. The number of benzene rings is 2. The molecule has 0 aliphatic rings. The molecule has 0 amide bonds. The topological polar surface area (TPSA) is 105 Å². The number of rotatable bonds is 5. The molecule has 7 nitrogen and oxygen atoms in total. The maximum atomic E-state index is 6.06. The third-order valence-corrected chi connectivity index (χ3v) is 4.09. The van der Waals surface area contributed by atoms with E-state index in [0.29, 0.717) is 28.9 Å². The SMILES string of the molecule is Cl.Cl.Nc1cccc(CNc2n[nH]c3ncnc(Nc4cccc(Cl)c4)c23)c1. The molecule has 0 atom stereocenters. The van der Waals surface area contributed by atoms with Crippen LogP contribution < -0.4 is 16.4 Å². The number of fused-ring (bicyclic) bond motifs is 1. The van der Waals surface area contributed by atoms with E-state index in [1.165, 1.54) is 6.33 Å². The molecule has 0 radical (unpaired) electrons. The number of nitrogen functional groups attached to an aromatic ring is 1. The van der Waals surface area contributed by atoms with Crippen LogP contribution in [0.4, 0.5) is 23.0 Å². The average molecular weight is 439 g/mol. The summed E-state index contributed by atoms with van der Waals surface area (Å²) >= 11 is 6.06. The zero-order chi connectivity index (χ0) is 17.9. The van der Waals surface area contributed by atoms with E-state index in [-0.39, 0.29) is 24.8 Å². The number of aromatic nitrogens is 4. The molecule has 2 aromatic carbocycles. The van der Waals surface area contributed by atoms with E-state index in [4.69, 9.17) is 17.3 Å². The molecule has 5 N–H and O–H groups in total. The summed E-state index contributed by atoms with van der Waals surface area (Å²) < 4.78 is 0. The number of nitrogens with zero attached hydrogens (tertiary/aromatic N) is 3. The van der Waals surface area contributed by atoms with Gasteiger partial charge in [0.2, 0.25) is 0 Å². The molecule has 0 fully saturated rings. The quantitative estimate of drug-likeness (QED) is 0.334. The highest BCUT2D eigenvalue weighted by atomic mass is 35.5. The molecule has 0 bridgehead atoms. The molecule has 0 spiro atoms. The highest BCUT2D eigenvalue weighted by Gasteiger charge is 2.13. The Kier molecular flexibility index (Phi) is 7.28. The van der Waals surface area contributed by atoms with Gasteiger partial charge in [0.1, 0.15) is 17.5 Å². The van der Waals surface area contributed by atoms with Crippen LogP contribution in [-0.4, -0.2) is 20.2 Å². The van der Waals surface area contributed by atoms with Crippen molar-refractivity contribution < 1.29 is 0 Å². The summed E-state index contributed by atoms with van der Waals surface area (Å²) in [7, 11) is 0. The zero-order valence-electron chi connectivity index (χ0n) is 14.5. The molecule has 2 aromatic heterocycles. The molecule has 28 heavy (non-hydrogen) atoms. The van der Waals surface area contributed by atoms with Crippen molar-refractivity contribution >= 4 is 70.5 Å². The molecular weight excluding hydrogens is 421 g/mol. The Morgan fingerprint density at radius 1 is 1.00 bits per heavy atom. The molecule has 2 heterocycles. The number of nitrogens with one attached hydrogen (secondary N) is 3. The van der Waals surface area contributed by atoms with Crippen LogP contribution in [0.5, 0.6) is 0 Å². The average Bonchev–Trinajstić information content (AvgIpc) is 3.04. The Morgan fingerprint density at radius 3 is 2.61 bits per heavy atom. The summed E-state index contributed by atoms with van der Waals surface area (Å²) in [5, 5.41) is 15.2. The van der Waals surface area contributed by atoms with Gasteiger partial charge in [0.25, 0.3) is 0 Å². The van der Waals surface area contributed by atoms with Crippen molar-refractivity contribution in [3.8, 4) is 0 Å². The molecular formula is C18H18Cl3N7. The van der Waals surface area contributed by atoms with Crippen LogP contribution in [0.3, 0.4) is 0 Å². The van der Waals surface area contributed by atoms with Crippen LogP contribution in [0, 0.1) is 0 Å². The van der Waals surface area contributed by atoms with Gasteiger partial charge in [-0.3, -0.25) is 5.10 Å². The maximum absolute atomic E-state index is 6.06. The number of halogens is 3. The molecule has 4 rings (SSSR count). The minimum Gasteiger partial charge on any atom is -0.399 e. The summed E-state index contributed by atoms with van der Waals surface area (Å²) in [6, 6.07) is 15.1. The van der Waals surface area contributed by atoms with Gasteiger partial charge < -0.3 is 16.4 Å². The van der Waals surface area contributed by atoms with Crippen LogP contribution in [0.25, 0.3) is 11.0 Å². The third-order valence-electron chi connectivity index (χ3n) is 3.86. The predicted octanol–water partition coefficient (Wildman–Crippen LogP) is 4.79. The highest BCUT2D eigenvalue weighted by molar-refractivity contribution is 6.30. The van der Waals surface area contributed by atoms with Crippen LogP contribution in [0.2, 0.25) is 5.02 Å². The summed E-state index contributed by atoms with van der Waals surface area (Å²) in [4.78, 5) is 8.58. The van der Waals surface area contributed by atoms with Gasteiger partial charge in [-0.1, -0.05) is 29.8 Å². The molecule has 0 aliphatic heterocycles. The number of hydrogen-bond acceptors (Lipinski definition) is 6. The lowest BCUT2D eigenvalue weighted by Crippen LogP contribution is -2.02. The minimum absolute atomic E-state index is 0.